The Morgan fingerprint density at radius 2 is 1.36 bits per heavy atom. The van der Waals surface area contributed by atoms with E-state index in [9.17, 15) is 66.1 Å². The van der Waals surface area contributed by atoms with E-state index >= 15 is 0 Å². The van der Waals surface area contributed by atoms with Gasteiger partial charge in [0.25, 0.3) is 0 Å². The monoisotopic (exact) mass is 846 g/mol. The van der Waals surface area contributed by atoms with Crippen LogP contribution in [0.3, 0.4) is 0 Å². The first-order chi connectivity index (χ1) is 27.3. The Kier molecular flexibility index (Phi) is 13.3. The summed E-state index contributed by atoms with van der Waals surface area (Å²) >= 11 is 0. The maximum atomic E-state index is 13.3. The lowest BCUT2D eigenvalue weighted by Crippen LogP contribution is -2.69. The first-order valence-corrected chi connectivity index (χ1v) is 21.3. The quantitative estimate of drug-likeness (QED) is 0.0891. The van der Waals surface area contributed by atoms with Crippen LogP contribution in [-0.4, -0.2) is 172 Å². The summed E-state index contributed by atoms with van der Waals surface area (Å²) in [7, 11) is 0. The van der Waals surface area contributed by atoms with Crippen molar-refractivity contribution in [2.45, 2.75) is 185 Å². The minimum absolute atomic E-state index is 0.0433. The third kappa shape index (κ3) is 7.54. The number of ether oxygens (including phenoxy) is 4. The van der Waals surface area contributed by atoms with Gasteiger partial charge in [-0.2, -0.15) is 0 Å². The molecule has 3 saturated carbocycles. The number of hydrogen-bond acceptors (Lipinski definition) is 16. The van der Waals surface area contributed by atoms with Crippen molar-refractivity contribution >= 4 is 5.97 Å². The van der Waals surface area contributed by atoms with Crippen molar-refractivity contribution in [3.63, 3.8) is 0 Å². The van der Waals surface area contributed by atoms with E-state index in [2.05, 4.69) is 20.8 Å². The topological polar surface area (TPSA) is 297 Å². The lowest BCUT2D eigenvalue weighted by molar-refractivity contribution is -0.342. The van der Waals surface area contributed by atoms with Crippen LogP contribution in [0.4, 0.5) is 0 Å². The number of carboxylic acid groups (broad SMARTS) is 1. The number of hydrogen-bond donors (Lipinski definition) is 12. The summed E-state index contributed by atoms with van der Waals surface area (Å²) in [6.07, 6.45) is -15.8. The highest BCUT2D eigenvalue weighted by Gasteiger charge is 2.70. The zero-order valence-electron chi connectivity index (χ0n) is 35.2. The number of fused-ring (bicyclic) bond motifs is 5. The van der Waals surface area contributed by atoms with E-state index in [1.54, 1.807) is 19.9 Å². The molecule has 17 nitrogen and oxygen atoms in total. The summed E-state index contributed by atoms with van der Waals surface area (Å²) in [5.74, 6) is -2.00. The molecule has 17 heteroatoms. The smallest absolute Gasteiger partial charge is 0.313 e. The van der Waals surface area contributed by atoms with Crippen LogP contribution in [-0.2, 0) is 23.7 Å². The van der Waals surface area contributed by atoms with Crippen molar-refractivity contribution in [1.29, 1.82) is 0 Å². The van der Waals surface area contributed by atoms with Gasteiger partial charge in [-0.25, -0.2) is 0 Å². The minimum atomic E-state index is -1.65. The van der Waals surface area contributed by atoms with Crippen molar-refractivity contribution in [3.05, 3.63) is 11.6 Å². The molecule has 340 valence electrons. The van der Waals surface area contributed by atoms with E-state index in [4.69, 9.17) is 18.9 Å². The molecule has 0 spiro atoms. The minimum Gasteiger partial charge on any atom is -0.481 e. The van der Waals surface area contributed by atoms with Crippen LogP contribution >= 0.6 is 0 Å². The van der Waals surface area contributed by atoms with Gasteiger partial charge in [0.1, 0.15) is 48.8 Å². The molecule has 2 saturated heterocycles. The number of carbonyl (C=O) groups is 1. The summed E-state index contributed by atoms with van der Waals surface area (Å²) in [5, 5.41) is 128. The molecule has 0 bridgehead atoms. The highest BCUT2D eigenvalue weighted by Crippen LogP contribution is 2.74. The number of carboxylic acids is 1. The van der Waals surface area contributed by atoms with E-state index < -0.39 is 144 Å². The number of aliphatic hydroxyl groups is 11. The molecule has 0 aromatic heterocycles. The van der Waals surface area contributed by atoms with Crippen LogP contribution < -0.4 is 0 Å². The van der Waals surface area contributed by atoms with Crippen LogP contribution in [0.2, 0.25) is 0 Å². The van der Waals surface area contributed by atoms with Crippen LogP contribution in [0.25, 0.3) is 0 Å². The average Bonchev–Trinajstić information content (AvgIpc) is 3.17. The molecule has 4 aliphatic carbocycles. The van der Waals surface area contributed by atoms with Gasteiger partial charge in [0.2, 0.25) is 0 Å². The first-order valence-electron chi connectivity index (χ1n) is 21.3. The van der Waals surface area contributed by atoms with Crippen LogP contribution in [0.1, 0.15) is 93.4 Å². The summed E-state index contributed by atoms with van der Waals surface area (Å²) < 4.78 is 23.3. The van der Waals surface area contributed by atoms with E-state index in [1.807, 2.05) is 13.8 Å². The highest BCUT2D eigenvalue weighted by molar-refractivity contribution is 5.78. The molecule has 22 atom stereocenters. The van der Waals surface area contributed by atoms with Gasteiger partial charge in [-0.15, -0.1) is 0 Å². The molecule has 0 aromatic carbocycles. The van der Waals surface area contributed by atoms with Crippen molar-refractivity contribution in [3.8, 4) is 0 Å². The second-order valence-electron chi connectivity index (χ2n) is 20.2. The van der Waals surface area contributed by atoms with Crippen LogP contribution in [0.15, 0.2) is 11.6 Å². The SMILES string of the molecule is C[C@H](O[C@@H]1O[C@H](CO)[C@@H](O)[C@H](O)[C@H]1O)[C@H](C)C(O)C[C@@]1(C(=O)O)C=C2[C@H](O)C[C@@H]3[C@@]4(C)C[C@@H](O)[C@H](O[C@@H]5O[C@H](CO)[C@@H](O)[C@H](O)[C@H]5O)C(C)(C)[C@@H]4CC[C@@]3(C)[C@]2(C)CC1. The standard InChI is InChI=1S/C42H70O17/c1-18(19(2)56-35-32(52)30(50)28(48)24(16-43)57-35)22(46)15-42(37(54)55)11-10-40(6)20(13-42)21(45)12-27-39(5)14-23(47)34(38(3,4)26(39)8-9-41(27,40)7)59-36-33(53)31(51)29(49)25(17-44)58-36/h13,18-19,21-36,43-53H,8-12,14-17H2,1-7H3,(H,54,55)/t18-,19-,21+,22?,23+,24+,25+,26-,27+,28+,29+,30-,31-,32+,33+,34-,35+,36-,39-,40+,41+,42-/m0/s1. The van der Waals surface area contributed by atoms with E-state index in [1.165, 1.54) is 0 Å². The normalized spacial score (nSPS) is 51.3. The maximum absolute atomic E-state index is 13.3. The number of rotatable bonds is 11. The predicted octanol–water partition coefficient (Wildman–Crippen LogP) is -0.845. The Balaban J connectivity index is 1.21. The van der Waals surface area contributed by atoms with E-state index in [-0.39, 0.29) is 31.1 Å². The van der Waals surface area contributed by atoms with Crippen molar-refractivity contribution in [1.82, 2.24) is 0 Å². The lowest BCUT2D eigenvalue weighted by atomic mass is 9.34. The van der Waals surface area contributed by atoms with Gasteiger partial charge in [0.05, 0.1) is 49.1 Å². The fraction of sp³-hybridized carbons (Fsp3) is 0.929. The van der Waals surface area contributed by atoms with Gasteiger partial charge < -0.3 is 80.2 Å². The lowest BCUT2D eigenvalue weighted by Gasteiger charge is -2.71. The van der Waals surface area contributed by atoms with Crippen molar-refractivity contribution in [2.24, 2.45) is 44.8 Å². The van der Waals surface area contributed by atoms with E-state index in [0.717, 1.165) is 6.42 Å². The number of aliphatic hydroxyl groups excluding tert-OH is 11. The summed E-state index contributed by atoms with van der Waals surface area (Å²) in [6, 6.07) is 0. The van der Waals surface area contributed by atoms with Gasteiger partial charge in [0, 0.05) is 5.92 Å². The Morgan fingerprint density at radius 1 is 0.797 bits per heavy atom. The molecule has 2 aliphatic heterocycles. The van der Waals surface area contributed by atoms with Crippen molar-refractivity contribution in [2.75, 3.05) is 13.2 Å². The van der Waals surface area contributed by atoms with E-state index in [0.29, 0.717) is 24.8 Å². The molecule has 0 amide bonds. The third-order valence-electron chi connectivity index (χ3n) is 16.8. The fourth-order valence-corrected chi connectivity index (χ4v) is 12.8. The molecule has 6 rings (SSSR count). The van der Waals surface area contributed by atoms with Gasteiger partial charge in [-0.05, 0) is 90.9 Å². The Bertz CT molecular complexity index is 1540. The third-order valence-corrected chi connectivity index (χ3v) is 16.8. The highest BCUT2D eigenvalue weighted by atomic mass is 16.7. The Hall–Kier alpha value is -1.39. The second-order valence-corrected chi connectivity index (χ2v) is 20.2. The van der Waals surface area contributed by atoms with Gasteiger partial charge in [-0.1, -0.05) is 47.6 Å². The molecule has 2 heterocycles. The van der Waals surface area contributed by atoms with Gasteiger partial charge in [0.15, 0.2) is 12.6 Å². The average molecular weight is 847 g/mol. The summed E-state index contributed by atoms with van der Waals surface area (Å²) in [4.78, 5) is 13.3. The molecule has 6 aliphatic rings. The fourth-order valence-electron chi connectivity index (χ4n) is 12.8. The molecular formula is C42H70O17. The first kappa shape index (κ1) is 47.1. The molecule has 0 aromatic rings. The zero-order valence-corrected chi connectivity index (χ0v) is 35.2. The van der Waals surface area contributed by atoms with Gasteiger partial charge in [-0.3, -0.25) is 4.79 Å². The molecule has 12 N–H and O–H groups in total. The zero-order chi connectivity index (χ0) is 43.9. The molecule has 5 fully saturated rings. The van der Waals surface area contributed by atoms with Crippen LogP contribution in [0.5, 0.6) is 0 Å². The Morgan fingerprint density at radius 3 is 1.92 bits per heavy atom. The van der Waals surface area contributed by atoms with Gasteiger partial charge >= 0.3 is 5.97 Å². The molecular weight excluding hydrogens is 776 g/mol. The predicted molar refractivity (Wildman–Crippen MR) is 206 cm³/mol. The Labute approximate surface area is 345 Å². The van der Waals surface area contributed by atoms with Crippen LogP contribution in [0, 0.1) is 44.8 Å². The maximum Gasteiger partial charge on any atom is 0.313 e. The summed E-state index contributed by atoms with van der Waals surface area (Å²) in [5.41, 5.74) is -3.22. The molecule has 0 radical (unpaired) electrons. The summed E-state index contributed by atoms with van der Waals surface area (Å²) in [6.45, 7) is 12.4. The second kappa shape index (κ2) is 16.6. The molecule has 1 unspecified atom stereocenters. The van der Waals surface area contributed by atoms with Crippen molar-refractivity contribution < 1.29 is 85.0 Å². The number of aliphatic carboxylic acids is 1. The molecule has 59 heavy (non-hydrogen) atoms. The largest absolute Gasteiger partial charge is 0.481 e.